The Hall–Kier alpha value is -1.03. The van der Waals surface area contributed by atoms with Crippen molar-refractivity contribution in [1.82, 2.24) is 4.90 Å². The van der Waals surface area contributed by atoms with Crippen LogP contribution in [0.2, 0.25) is 10.0 Å². The van der Waals surface area contributed by atoms with Crippen molar-refractivity contribution >= 4 is 45.0 Å². The number of nitrogens with zero attached hydrogens (tertiary/aromatic N) is 1. The summed E-state index contributed by atoms with van der Waals surface area (Å²) in [5.41, 5.74) is 2.50. The number of hydrogen-bond donors (Lipinski definition) is 0. The molecule has 5 heteroatoms. The lowest BCUT2D eigenvalue weighted by Crippen LogP contribution is -2.26. The van der Waals surface area contributed by atoms with Crippen LogP contribution in [0.25, 0.3) is 0 Å². The molecule has 0 fully saturated rings. The molecule has 0 heterocycles. The SMILES string of the molecule is Cc1cc(C(=O)N(C)Cc2cccc(Cl)c2Cl)ccc1Br. The minimum atomic E-state index is -0.0540. The first-order valence-corrected chi connectivity index (χ1v) is 7.89. The van der Waals surface area contributed by atoms with E-state index in [1.165, 1.54) is 0 Å². The highest BCUT2D eigenvalue weighted by Gasteiger charge is 2.15. The molecule has 0 aliphatic rings. The number of benzene rings is 2. The fourth-order valence-electron chi connectivity index (χ4n) is 2.00. The lowest BCUT2D eigenvalue weighted by Gasteiger charge is -2.19. The van der Waals surface area contributed by atoms with Crippen molar-refractivity contribution in [3.8, 4) is 0 Å². The van der Waals surface area contributed by atoms with Gasteiger partial charge >= 0.3 is 0 Å². The predicted molar refractivity (Wildman–Crippen MR) is 91.1 cm³/mol. The topological polar surface area (TPSA) is 20.3 Å². The van der Waals surface area contributed by atoms with Crippen molar-refractivity contribution in [2.24, 2.45) is 0 Å². The van der Waals surface area contributed by atoms with E-state index in [4.69, 9.17) is 23.2 Å². The summed E-state index contributed by atoms with van der Waals surface area (Å²) in [6.45, 7) is 2.36. The van der Waals surface area contributed by atoms with E-state index < -0.39 is 0 Å². The monoisotopic (exact) mass is 385 g/mol. The molecule has 0 atom stereocenters. The molecule has 0 aromatic heterocycles. The van der Waals surface area contributed by atoms with Crippen molar-refractivity contribution in [2.75, 3.05) is 7.05 Å². The summed E-state index contributed by atoms with van der Waals surface area (Å²) >= 11 is 15.6. The maximum absolute atomic E-state index is 12.4. The Morgan fingerprint density at radius 1 is 1.24 bits per heavy atom. The van der Waals surface area contributed by atoms with Crippen LogP contribution in [0.3, 0.4) is 0 Å². The van der Waals surface area contributed by atoms with Gasteiger partial charge in [-0.05, 0) is 42.3 Å². The van der Waals surface area contributed by atoms with Crippen molar-refractivity contribution in [3.63, 3.8) is 0 Å². The first-order chi connectivity index (χ1) is 9.90. The zero-order valence-electron chi connectivity index (χ0n) is 11.7. The Kier molecular flexibility index (Phi) is 5.31. The number of aryl methyl sites for hydroxylation is 1. The summed E-state index contributed by atoms with van der Waals surface area (Å²) in [5.74, 6) is -0.0540. The standard InChI is InChI=1S/C16H14BrCl2NO/c1-10-8-11(6-7-13(10)17)16(21)20(2)9-12-4-3-5-14(18)15(12)19/h3-8H,9H2,1-2H3. The van der Waals surface area contributed by atoms with Gasteiger partial charge in [0.15, 0.2) is 0 Å². The second-order valence-electron chi connectivity index (χ2n) is 4.84. The Balaban J connectivity index is 2.19. The molecule has 1 amide bonds. The fraction of sp³-hybridized carbons (Fsp3) is 0.188. The Bertz CT molecular complexity index is 688. The van der Waals surface area contributed by atoms with Crippen molar-refractivity contribution in [3.05, 3.63) is 67.6 Å². The van der Waals surface area contributed by atoms with Crippen LogP contribution < -0.4 is 0 Å². The minimum Gasteiger partial charge on any atom is -0.337 e. The van der Waals surface area contributed by atoms with E-state index >= 15 is 0 Å². The molecule has 0 aliphatic heterocycles. The van der Waals surface area contributed by atoms with E-state index in [0.717, 1.165) is 15.6 Å². The lowest BCUT2D eigenvalue weighted by molar-refractivity contribution is 0.0785. The van der Waals surface area contributed by atoms with Gasteiger partial charge in [0.1, 0.15) is 0 Å². The number of carbonyl (C=O) groups excluding carboxylic acids is 1. The highest BCUT2D eigenvalue weighted by atomic mass is 79.9. The zero-order valence-corrected chi connectivity index (χ0v) is 14.8. The van der Waals surface area contributed by atoms with Crippen molar-refractivity contribution < 1.29 is 4.79 Å². The molecular weight excluding hydrogens is 373 g/mol. The van der Waals surface area contributed by atoms with Crippen LogP contribution in [0.1, 0.15) is 21.5 Å². The van der Waals surface area contributed by atoms with Crippen LogP contribution in [-0.2, 0) is 6.54 Å². The van der Waals surface area contributed by atoms with Crippen LogP contribution in [-0.4, -0.2) is 17.9 Å². The van der Waals surface area contributed by atoms with Gasteiger partial charge in [-0.3, -0.25) is 4.79 Å². The van der Waals surface area contributed by atoms with E-state index in [9.17, 15) is 4.79 Å². The molecule has 0 saturated heterocycles. The minimum absolute atomic E-state index is 0.0540. The van der Waals surface area contributed by atoms with Gasteiger partial charge in [-0.1, -0.05) is 51.3 Å². The maximum atomic E-state index is 12.4. The normalized spacial score (nSPS) is 10.5. The Morgan fingerprint density at radius 2 is 1.95 bits per heavy atom. The van der Waals surface area contributed by atoms with Gasteiger partial charge in [-0.25, -0.2) is 0 Å². The van der Waals surface area contributed by atoms with E-state index in [0.29, 0.717) is 22.2 Å². The predicted octanol–water partition coefficient (Wildman–Crippen LogP) is 5.34. The van der Waals surface area contributed by atoms with E-state index in [-0.39, 0.29) is 5.91 Å². The van der Waals surface area contributed by atoms with Crippen molar-refractivity contribution in [1.29, 1.82) is 0 Å². The number of rotatable bonds is 3. The summed E-state index contributed by atoms with van der Waals surface area (Å²) in [5, 5.41) is 0.986. The first kappa shape index (κ1) is 16.3. The van der Waals surface area contributed by atoms with Crippen LogP contribution in [0.4, 0.5) is 0 Å². The summed E-state index contributed by atoms with van der Waals surface area (Å²) in [4.78, 5) is 14.1. The first-order valence-electron chi connectivity index (χ1n) is 6.34. The molecule has 0 unspecified atom stereocenters. The number of amides is 1. The third-order valence-electron chi connectivity index (χ3n) is 3.19. The molecule has 0 saturated carbocycles. The molecule has 2 nitrogen and oxygen atoms in total. The fourth-order valence-corrected chi connectivity index (χ4v) is 2.62. The molecule has 0 N–H and O–H groups in total. The molecule has 110 valence electrons. The molecule has 2 aromatic carbocycles. The molecule has 21 heavy (non-hydrogen) atoms. The molecule has 0 spiro atoms. The number of carbonyl (C=O) groups is 1. The summed E-state index contributed by atoms with van der Waals surface area (Å²) < 4.78 is 0.986. The zero-order chi connectivity index (χ0) is 15.6. The molecular formula is C16H14BrCl2NO. The third-order valence-corrected chi connectivity index (χ3v) is 4.94. The lowest BCUT2D eigenvalue weighted by atomic mass is 10.1. The molecule has 2 rings (SSSR count). The van der Waals surface area contributed by atoms with Gasteiger partial charge in [-0.15, -0.1) is 0 Å². The van der Waals surface area contributed by atoms with Gasteiger partial charge in [0, 0.05) is 23.6 Å². The van der Waals surface area contributed by atoms with Gasteiger partial charge in [0.05, 0.1) is 10.0 Å². The Morgan fingerprint density at radius 3 is 2.62 bits per heavy atom. The molecule has 0 bridgehead atoms. The summed E-state index contributed by atoms with van der Waals surface area (Å²) in [6, 6.07) is 11.0. The largest absolute Gasteiger partial charge is 0.337 e. The van der Waals surface area contributed by atoms with Gasteiger partial charge in [-0.2, -0.15) is 0 Å². The highest BCUT2D eigenvalue weighted by molar-refractivity contribution is 9.10. The molecule has 0 radical (unpaired) electrons. The van der Waals surface area contributed by atoms with Crippen LogP contribution in [0.15, 0.2) is 40.9 Å². The highest BCUT2D eigenvalue weighted by Crippen LogP contribution is 2.26. The summed E-state index contributed by atoms with van der Waals surface area (Å²) in [7, 11) is 1.75. The molecule has 0 aliphatic carbocycles. The van der Waals surface area contributed by atoms with Crippen LogP contribution in [0, 0.1) is 6.92 Å². The van der Waals surface area contributed by atoms with E-state index in [1.54, 1.807) is 24.1 Å². The maximum Gasteiger partial charge on any atom is 0.253 e. The quantitative estimate of drug-likeness (QED) is 0.697. The van der Waals surface area contributed by atoms with Gasteiger partial charge in [0.2, 0.25) is 0 Å². The average molecular weight is 387 g/mol. The van der Waals surface area contributed by atoms with E-state index in [1.807, 2.05) is 31.2 Å². The molecule has 2 aromatic rings. The van der Waals surface area contributed by atoms with Gasteiger partial charge < -0.3 is 4.90 Å². The smallest absolute Gasteiger partial charge is 0.253 e. The summed E-state index contributed by atoms with van der Waals surface area (Å²) in [6.07, 6.45) is 0. The Labute approximate surface area is 142 Å². The van der Waals surface area contributed by atoms with Crippen molar-refractivity contribution in [2.45, 2.75) is 13.5 Å². The van der Waals surface area contributed by atoms with Crippen LogP contribution in [0.5, 0.6) is 0 Å². The van der Waals surface area contributed by atoms with Gasteiger partial charge in [0.25, 0.3) is 5.91 Å². The van der Waals surface area contributed by atoms with E-state index in [2.05, 4.69) is 15.9 Å². The number of hydrogen-bond acceptors (Lipinski definition) is 1. The number of halogens is 3. The average Bonchev–Trinajstić information content (AvgIpc) is 2.46. The van der Waals surface area contributed by atoms with Crippen LogP contribution >= 0.6 is 39.1 Å². The third kappa shape index (κ3) is 3.79. The second-order valence-corrected chi connectivity index (χ2v) is 6.48. The second kappa shape index (κ2) is 6.82.